The third-order valence-corrected chi connectivity index (χ3v) is 2.82. The average molecular weight is 269 g/mol. The minimum atomic E-state index is -4.32. The standard InChI is InChI=1S/C13H14F3N3/c1-9(17)12-6-18-8-19(12)7-10-3-2-4-11(5-10)13(14,15)16/h2-6,8-9H,7,17H2,1H3/t9-/m1/s1. The predicted octanol–water partition coefficient (Wildman–Crippen LogP) is 2.97. The van der Waals surface area contributed by atoms with Crippen LogP contribution >= 0.6 is 0 Å². The van der Waals surface area contributed by atoms with Gasteiger partial charge in [0, 0.05) is 18.8 Å². The van der Waals surface area contributed by atoms with E-state index in [9.17, 15) is 13.2 Å². The van der Waals surface area contributed by atoms with Crippen LogP contribution in [0.4, 0.5) is 13.2 Å². The average Bonchev–Trinajstić information content (AvgIpc) is 2.76. The number of hydrogen-bond acceptors (Lipinski definition) is 2. The minimum absolute atomic E-state index is 0.215. The van der Waals surface area contributed by atoms with Crippen LogP contribution in [-0.4, -0.2) is 9.55 Å². The number of imidazole rings is 1. The molecule has 2 rings (SSSR count). The number of hydrogen-bond donors (Lipinski definition) is 1. The first kappa shape index (κ1) is 13.6. The maximum absolute atomic E-state index is 12.6. The monoisotopic (exact) mass is 269 g/mol. The second kappa shape index (κ2) is 5.05. The third kappa shape index (κ3) is 3.14. The van der Waals surface area contributed by atoms with Crippen LogP contribution < -0.4 is 5.73 Å². The van der Waals surface area contributed by atoms with E-state index in [4.69, 9.17) is 5.73 Å². The second-order valence-electron chi connectivity index (χ2n) is 4.43. The van der Waals surface area contributed by atoms with Gasteiger partial charge in [-0.15, -0.1) is 0 Å². The van der Waals surface area contributed by atoms with Crippen molar-refractivity contribution >= 4 is 0 Å². The summed E-state index contributed by atoms with van der Waals surface area (Å²) in [5, 5.41) is 0. The summed E-state index contributed by atoms with van der Waals surface area (Å²) in [6.07, 6.45) is -1.13. The Morgan fingerprint density at radius 3 is 2.74 bits per heavy atom. The second-order valence-corrected chi connectivity index (χ2v) is 4.43. The Kier molecular flexibility index (Phi) is 3.61. The first-order chi connectivity index (χ1) is 8.88. The Labute approximate surface area is 108 Å². The van der Waals surface area contributed by atoms with Crippen molar-refractivity contribution in [1.29, 1.82) is 0 Å². The van der Waals surface area contributed by atoms with Crippen LogP contribution in [0, 0.1) is 0 Å². The maximum atomic E-state index is 12.6. The molecule has 0 radical (unpaired) electrons. The lowest BCUT2D eigenvalue weighted by molar-refractivity contribution is -0.137. The predicted molar refractivity (Wildman–Crippen MR) is 65.4 cm³/mol. The van der Waals surface area contributed by atoms with E-state index in [0.29, 0.717) is 12.1 Å². The molecule has 0 saturated carbocycles. The fourth-order valence-corrected chi connectivity index (χ4v) is 1.88. The van der Waals surface area contributed by atoms with E-state index in [1.165, 1.54) is 6.07 Å². The lowest BCUT2D eigenvalue weighted by Crippen LogP contribution is -2.13. The molecule has 0 unspecified atom stereocenters. The zero-order valence-corrected chi connectivity index (χ0v) is 10.4. The van der Waals surface area contributed by atoms with Gasteiger partial charge in [0.05, 0.1) is 17.6 Å². The summed E-state index contributed by atoms with van der Waals surface area (Å²) < 4.78 is 39.6. The Morgan fingerprint density at radius 1 is 1.37 bits per heavy atom. The van der Waals surface area contributed by atoms with Crippen LogP contribution in [0.25, 0.3) is 0 Å². The van der Waals surface area contributed by atoms with E-state index in [1.807, 2.05) is 0 Å². The van der Waals surface area contributed by atoms with Gasteiger partial charge in [-0.05, 0) is 24.6 Å². The van der Waals surface area contributed by atoms with E-state index < -0.39 is 11.7 Å². The summed E-state index contributed by atoms with van der Waals surface area (Å²) in [6, 6.07) is 5.05. The van der Waals surface area contributed by atoms with E-state index >= 15 is 0 Å². The molecule has 0 aliphatic rings. The Hall–Kier alpha value is -1.82. The maximum Gasteiger partial charge on any atom is 0.416 e. The minimum Gasteiger partial charge on any atom is -0.329 e. The van der Waals surface area contributed by atoms with Gasteiger partial charge in [-0.25, -0.2) is 4.98 Å². The fourth-order valence-electron chi connectivity index (χ4n) is 1.88. The van der Waals surface area contributed by atoms with Crippen LogP contribution in [-0.2, 0) is 12.7 Å². The summed E-state index contributed by atoms with van der Waals surface area (Å²) in [5.41, 5.74) is 6.48. The van der Waals surface area contributed by atoms with Crippen LogP contribution in [0.15, 0.2) is 36.8 Å². The van der Waals surface area contributed by atoms with Gasteiger partial charge in [-0.1, -0.05) is 12.1 Å². The highest BCUT2D eigenvalue weighted by atomic mass is 19.4. The number of aromatic nitrogens is 2. The number of halogens is 3. The summed E-state index contributed by atoms with van der Waals surface area (Å²) in [6.45, 7) is 2.13. The highest BCUT2D eigenvalue weighted by molar-refractivity contribution is 5.26. The molecule has 0 saturated heterocycles. The molecule has 0 aliphatic carbocycles. The van der Waals surface area contributed by atoms with Crippen LogP contribution in [0.2, 0.25) is 0 Å². The third-order valence-electron chi connectivity index (χ3n) is 2.82. The number of benzene rings is 1. The van der Waals surface area contributed by atoms with Gasteiger partial charge in [0.25, 0.3) is 0 Å². The van der Waals surface area contributed by atoms with Gasteiger partial charge in [-0.3, -0.25) is 0 Å². The summed E-state index contributed by atoms with van der Waals surface area (Å²) in [7, 11) is 0. The molecular formula is C13H14F3N3. The highest BCUT2D eigenvalue weighted by Gasteiger charge is 2.30. The van der Waals surface area contributed by atoms with Gasteiger partial charge in [0.15, 0.2) is 0 Å². The smallest absolute Gasteiger partial charge is 0.329 e. The SMILES string of the molecule is C[C@@H](N)c1cncn1Cc1cccc(C(F)(F)F)c1. The molecule has 1 aromatic heterocycles. The van der Waals surface area contributed by atoms with E-state index in [-0.39, 0.29) is 6.04 Å². The molecule has 2 aromatic rings. The number of nitrogens with two attached hydrogens (primary N) is 1. The number of nitrogens with zero attached hydrogens (tertiary/aromatic N) is 2. The van der Waals surface area contributed by atoms with Gasteiger partial charge in [0.2, 0.25) is 0 Å². The van der Waals surface area contributed by atoms with Gasteiger partial charge < -0.3 is 10.3 Å². The molecule has 0 aliphatic heterocycles. The van der Waals surface area contributed by atoms with Crippen molar-refractivity contribution in [3.8, 4) is 0 Å². The fraction of sp³-hybridized carbons (Fsp3) is 0.308. The molecule has 0 spiro atoms. The molecule has 102 valence electrons. The molecule has 0 fully saturated rings. The van der Waals surface area contributed by atoms with E-state index in [2.05, 4.69) is 4.98 Å². The van der Waals surface area contributed by atoms with E-state index in [0.717, 1.165) is 17.8 Å². The molecule has 0 amide bonds. The van der Waals surface area contributed by atoms with Crippen molar-refractivity contribution < 1.29 is 13.2 Å². The largest absolute Gasteiger partial charge is 0.416 e. The molecule has 3 nitrogen and oxygen atoms in total. The lowest BCUT2D eigenvalue weighted by Gasteiger charge is -2.12. The first-order valence-electron chi connectivity index (χ1n) is 5.79. The topological polar surface area (TPSA) is 43.8 Å². The summed E-state index contributed by atoms with van der Waals surface area (Å²) >= 11 is 0. The molecular weight excluding hydrogens is 255 g/mol. The van der Waals surface area contributed by atoms with Crippen molar-refractivity contribution in [2.24, 2.45) is 5.73 Å². The zero-order valence-electron chi connectivity index (χ0n) is 10.4. The van der Waals surface area contributed by atoms with Crippen molar-refractivity contribution in [3.05, 3.63) is 53.6 Å². The summed E-state index contributed by atoms with van der Waals surface area (Å²) in [4.78, 5) is 3.97. The van der Waals surface area contributed by atoms with Crippen molar-refractivity contribution in [1.82, 2.24) is 9.55 Å². The molecule has 1 atom stereocenters. The Balaban J connectivity index is 2.26. The molecule has 6 heteroatoms. The molecule has 1 aromatic carbocycles. The number of rotatable bonds is 3. The zero-order chi connectivity index (χ0) is 14.0. The molecule has 19 heavy (non-hydrogen) atoms. The van der Waals surface area contributed by atoms with Crippen molar-refractivity contribution in [3.63, 3.8) is 0 Å². The molecule has 0 bridgehead atoms. The van der Waals surface area contributed by atoms with Crippen molar-refractivity contribution in [2.75, 3.05) is 0 Å². The normalized spacial score (nSPS) is 13.5. The molecule has 1 heterocycles. The number of alkyl halides is 3. The lowest BCUT2D eigenvalue weighted by atomic mass is 10.1. The van der Waals surface area contributed by atoms with E-state index in [1.54, 1.807) is 30.1 Å². The van der Waals surface area contributed by atoms with Crippen LogP contribution in [0.3, 0.4) is 0 Å². The highest BCUT2D eigenvalue weighted by Crippen LogP contribution is 2.29. The summed E-state index contributed by atoms with van der Waals surface area (Å²) in [5.74, 6) is 0. The van der Waals surface area contributed by atoms with Crippen LogP contribution in [0.1, 0.15) is 29.8 Å². The Bertz CT molecular complexity index is 558. The van der Waals surface area contributed by atoms with Gasteiger partial charge in [0.1, 0.15) is 0 Å². The van der Waals surface area contributed by atoms with Gasteiger partial charge >= 0.3 is 6.18 Å². The quantitative estimate of drug-likeness (QED) is 0.931. The Morgan fingerprint density at radius 2 is 2.11 bits per heavy atom. The van der Waals surface area contributed by atoms with Gasteiger partial charge in [-0.2, -0.15) is 13.2 Å². The van der Waals surface area contributed by atoms with Crippen LogP contribution in [0.5, 0.6) is 0 Å². The molecule has 2 N–H and O–H groups in total. The van der Waals surface area contributed by atoms with Crippen molar-refractivity contribution in [2.45, 2.75) is 25.7 Å². The first-order valence-corrected chi connectivity index (χ1v) is 5.79.